The third-order valence-electron chi connectivity index (χ3n) is 5.10. The first-order valence-corrected chi connectivity index (χ1v) is 10.0. The Hall–Kier alpha value is -4.60. The number of nitrogens with zero attached hydrogens (tertiary/aromatic N) is 5. The van der Waals surface area contributed by atoms with E-state index >= 15 is 0 Å². The Balaban J connectivity index is 1.62. The summed E-state index contributed by atoms with van der Waals surface area (Å²) in [5.74, 6) is -1.29. The zero-order valence-electron chi connectivity index (χ0n) is 18.1. The summed E-state index contributed by atoms with van der Waals surface area (Å²) >= 11 is 0. The van der Waals surface area contributed by atoms with Crippen LogP contribution in [0.2, 0.25) is 0 Å². The molecule has 2 heterocycles. The largest absolute Gasteiger partial charge is 0.304 e. The molecule has 0 spiro atoms. The van der Waals surface area contributed by atoms with Crippen molar-refractivity contribution in [2.75, 3.05) is 5.32 Å². The van der Waals surface area contributed by atoms with Gasteiger partial charge in [0.1, 0.15) is 5.82 Å². The summed E-state index contributed by atoms with van der Waals surface area (Å²) < 4.78 is 3.04. The lowest BCUT2D eigenvalue weighted by Crippen LogP contribution is -2.25. The standard InChI is InChI=1S/C23H20N6O4/c1-14-13-20(28(25-14)18-9-11-19(12-10-18)29(32)33)24-23(31)22(30)21-15(2)26-27(16(21)3)17-7-5-4-6-8-17/h4-13H,1-3H3,(H,24,31). The number of non-ortho nitro benzene ring substituents is 1. The minimum Gasteiger partial charge on any atom is -0.304 e. The fraction of sp³-hybridized carbons (Fsp3) is 0.130. The zero-order valence-corrected chi connectivity index (χ0v) is 18.1. The average molecular weight is 444 g/mol. The quantitative estimate of drug-likeness (QED) is 0.209. The predicted molar refractivity (Wildman–Crippen MR) is 121 cm³/mol. The van der Waals surface area contributed by atoms with Crippen molar-refractivity contribution in [1.29, 1.82) is 0 Å². The molecule has 0 saturated carbocycles. The highest BCUT2D eigenvalue weighted by atomic mass is 16.6. The summed E-state index contributed by atoms with van der Waals surface area (Å²) in [6.45, 7) is 5.15. The molecule has 0 unspecified atom stereocenters. The van der Waals surface area contributed by atoms with Gasteiger partial charge in [-0.2, -0.15) is 10.2 Å². The smallest absolute Gasteiger partial charge is 0.298 e. The van der Waals surface area contributed by atoms with Crippen LogP contribution in [0, 0.1) is 30.9 Å². The van der Waals surface area contributed by atoms with Crippen molar-refractivity contribution >= 4 is 23.2 Å². The van der Waals surface area contributed by atoms with Crippen LogP contribution in [0.4, 0.5) is 11.5 Å². The minimum absolute atomic E-state index is 0.0650. The number of hydrogen-bond donors (Lipinski definition) is 1. The van der Waals surface area contributed by atoms with Crippen LogP contribution in [0.25, 0.3) is 11.4 Å². The minimum atomic E-state index is -0.836. The molecule has 0 saturated heterocycles. The Morgan fingerprint density at radius 3 is 2.18 bits per heavy atom. The molecule has 1 amide bonds. The number of rotatable bonds is 6. The lowest BCUT2D eigenvalue weighted by molar-refractivity contribution is -0.384. The normalized spacial score (nSPS) is 10.8. The summed E-state index contributed by atoms with van der Waals surface area (Å²) in [5.41, 5.74) is 3.04. The van der Waals surface area contributed by atoms with Crippen LogP contribution in [0.15, 0.2) is 60.7 Å². The van der Waals surface area contributed by atoms with Crippen molar-refractivity contribution in [3.8, 4) is 11.4 Å². The van der Waals surface area contributed by atoms with Gasteiger partial charge in [-0.1, -0.05) is 18.2 Å². The fourth-order valence-corrected chi connectivity index (χ4v) is 3.58. The van der Waals surface area contributed by atoms with Crippen molar-refractivity contribution < 1.29 is 14.5 Å². The molecule has 4 aromatic rings. The molecule has 0 aliphatic carbocycles. The van der Waals surface area contributed by atoms with Crippen molar-refractivity contribution in [3.63, 3.8) is 0 Å². The molecule has 10 heteroatoms. The fourth-order valence-electron chi connectivity index (χ4n) is 3.58. The molecule has 166 valence electrons. The third-order valence-corrected chi connectivity index (χ3v) is 5.10. The molecule has 2 aromatic heterocycles. The first-order chi connectivity index (χ1) is 15.8. The number of carbonyl (C=O) groups excluding carboxylic acids is 2. The molecule has 0 aliphatic rings. The molecular weight excluding hydrogens is 424 g/mol. The van der Waals surface area contributed by atoms with Crippen LogP contribution < -0.4 is 5.32 Å². The molecule has 2 aromatic carbocycles. The van der Waals surface area contributed by atoms with Gasteiger partial charge in [0.05, 0.1) is 38.9 Å². The van der Waals surface area contributed by atoms with Crippen LogP contribution in [-0.2, 0) is 4.79 Å². The molecular formula is C23H20N6O4. The van der Waals surface area contributed by atoms with E-state index in [0.717, 1.165) is 5.69 Å². The van der Waals surface area contributed by atoms with E-state index in [-0.39, 0.29) is 17.1 Å². The zero-order chi connectivity index (χ0) is 23.7. The van der Waals surface area contributed by atoms with Crippen molar-refractivity contribution in [3.05, 3.63) is 93.4 Å². The van der Waals surface area contributed by atoms with Gasteiger partial charge in [-0.05, 0) is 45.0 Å². The van der Waals surface area contributed by atoms with Crippen molar-refractivity contribution in [1.82, 2.24) is 19.6 Å². The SMILES string of the molecule is Cc1cc(NC(=O)C(=O)c2c(C)nn(-c3ccccc3)c2C)n(-c2ccc([N+](=O)[O-])cc2)n1. The number of aryl methyl sites for hydroxylation is 2. The molecule has 1 N–H and O–H groups in total. The van der Waals surface area contributed by atoms with Gasteiger partial charge in [0.15, 0.2) is 0 Å². The van der Waals surface area contributed by atoms with E-state index in [2.05, 4.69) is 15.5 Å². The van der Waals surface area contributed by atoms with Crippen LogP contribution in [-0.4, -0.2) is 36.2 Å². The maximum Gasteiger partial charge on any atom is 0.298 e. The lowest BCUT2D eigenvalue weighted by Gasteiger charge is -2.09. The number of aromatic nitrogens is 4. The van der Waals surface area contributed by atoms with Gasteiger partial charge in [-0.15, -0.1) is 0 Å². The van der Waals surface area contributed by atoms with E-state index in [0.29, 0.717) is 22.8 Å². The monoisotopic (exact) mass is 444 g/mol. The number of para-hydroxylation sites is 1. The number of carbonyl (C=O) groups is 2. The van der Waals surface area contributed by atoms with Gasteiger partial charge in [-0.3, -0.25) is 19.7 Å². The molecule has 10 nitrogen and oxygen atoms in total. The number of nitrogens with one attached hydrogen (secondary N) is 1. The molecule has 0 fully saturated rings. The Kier molecular flexibility index (Phi) is 5.57. The van der Waals surface area contributed by atoms with E-state index in [4.69, 9.17) is 0 Å². The Morgan fingerprint density at radius 1 is 0.909 bits per heavy atom. The first kappa shape index (κ1) is 21.6. The summed E-state index contributed by atoms with van der Waals surface area (Å²) in [6.07, 6.45) is 0. The number of nitro benzene ring substituents is 1. The van der Waals surface area contributed by atoms with E-state index in [1.165, 1.54) is 28.9 Å². The number of Topliss-reactive ketones (excluding diaryl/α,β-unsaturated/α-hetero) is 1. The van der Waals surface area contributed by atoms with Crippen LogP contribution in [0.5, 0.6) is 0 Å². The average Bonchev–Trinajstić information content (AvgIpc) is 3.32. The van der Waals surface area contributed by atoms with Gasteiger partial charge in [0.2, 0.25) is 0 Å². The topological polar surface area (TPSA) is 125 Å². The lowest BCUT2D eigenvalue weighted by atomic mass is 10.1. The van der Waals surface area contributed by atoms with E-state index in [1.54, 1.807) is 31.5 Å². The number of nitro groups is 1. The highest BCUT2D eigenvalue weighted by Crippen LogP contribution is 2.22. The third kappa shape index (κ3) is 4.13. The number of hydrogen-bond acceptors (Lipinski definition) is 6. The van der Waals surface area contributed by atoms with Gasteiger partial charge >= 0.3 is 0 Å². The number of benzene rings is 2. The predicted octanol–water partition coefficient (Wildman–Crippen LogP) is 3.71. The second-order valence-corrected chi connectivity index (χ2v) is 7.43. The van der Waals surface area contributed by atoms with E-state index in [1.807, 2.05) is 30.3 Å². The van der Waals surface area contributed by atoms with Crippen molar-refractivity contribution in [2.24, 2.45) is 0 Å². The van der Waals surface area contributed by atoms with Gasteiger partial charge in [-0.25, -0.2) is 9.36 Å². The number of ketones is 1. The number of amides is 1. The summed E-state index contributed by atoms with van der Waals surface area (Å²) in [6, 6.07) is 16.6. The molecule has 0 aliphatic heterocycles. The summed E-state index contributed by atoms with van der Waals surface area (Å²) in [5, 5.41) is 22.3. The first-order valence-electron chi connectivity index (χ1n) is 10.0. The van der Waals surface area contributed by atoms with Crippen LogP contribution >= 0.6 is 0 Å². The Morgan fingerprint density at radius 2 is 1.55 bits per heavy atom. The van der Waals surface area contributed by atoms with Crippen LogP contribution in [0.1, 0.15) is 27.4 Å². The highest BCUT2D eigenvalue weighted by Gasteiger charge is 2.26. The summed E-state index contributed by atoms with van der Waals surface area (Å²) in [4.78, 5) is 36.3. The maximum absolute atomic E-state index is 13.0. The van der Waals surface area contributed by atoms with E-state index in [9.17, 15) is 19.7 Å². The van der Waals surface area contributed by atoms with Gasteiger partial charge < -0.3 is 5.32 Å². The molecule has 4 rings (SSSR count). The maximum atomic E-state index is 13.0. The highest BCUT2D eigenvalue weighted by molar-refractivity contribution is 6.47. The Bertz CT molecular complexity index is 1370. The van der Waals surface area contributed by atoms with Gasteiger partial charge in [0.25, 0.3) is 17.4 Å². The second-order valence-electron chi connectivity index (χ2n) is 7.43. The molecule has 0 bridgehead atoms. The molecule has 0 atom stereocenters. The molecule has 33 heavy (non-hydrogen) atoms. The number of anilines is 1. The van der Waals surface area contributed by atoms with Gasteiger partial charge in [0, 0.05) is 18.2 Å². The Labute approximate surface area is 188 Å². The second kappa shape index (κ2) is 8.50. The van der Waals surface area contributed by atoms with Crippen LogP contribution in [0.3, 0.4) is 0 Å². The summed E-state index contributed by atoms with van der Waals surface area (Å²) in [7, 11) is 0. The molecule has 0 radical (unpaired) electrons. The van der Waals surface area contributed by atoms with Crippen molar-refractivity contribution in [2.45, 2.75) is 20.8 Å². The van der Waals surface area contributed by atoms with E-state index < -0.39 is 16.6 Å².